The van der Waals surface area contributed by atoms with E-state index in [1.165, 1.54) is 0 Å². The van der Waals surface area contributed by atoms with Crippen molar-refractivity contribution in [3.63, 3.8) is 0 Å². The number of nitriles is 1. The van der Waals surface area contributed by atoms with Crippen LogP contribution in [0.2, 0.25) is 0 Å². The molecule has 0 saturated heterocycles. The van der Waals surface area contributed by atoms with Crippen LogP contribution in [0.4, 0.5) is 0 Å². The molecule has 0 N–H and O–H groups in total. The van der Waals surface area contributed by atoms with E-state index in [0.717, 1.165) is 28.1 Å². The first kappa shape index (κ1) is 19.5. The molecule has 0 spiro atoms. The van der Waals surface area contributed by atoms with Gasteiger partial charge in [-0.1, -0.05) is 20.8 Å². The maximum atomic E-state index is 8.91. The van der Waals surface area contributed by atoms with Gasteiger partial charge in [0.15, 0.2) is 5.82 Å². The fourth-order valence-electron chi connectivity index (χ4n) is 2.88. The highest BCUT2D eigenvalue weighted by molar-refractivity contribution is 5.65. The lowest BCUT2D eigenvalue weighted by molar-refractivity contribution is 0.236. The second-order valence-corrected chi connectivity index (χ2v) is 7.94. The number of benzene rings is 1. The summed E-state index contributed by atoms with van der Waals surface area (Å²) in [6.07, 6.45) is 3.48. The van der Waals surface area contributed by atoms with E-state index in [0.29, 0.717) is 11.5 Å². The van der Waals surface area contributed by atoms with Gasteiger partial charge < -0.3 is 4.74 Å². The van der Waals surface area contributed by atoms with Crippen molar-refractivity contribution < 1.29 is 4.74 Å². The number of aromatic nitrogens is 3. The molecule has 0 saturated carbocycles. The average Bonchev–Trinajstić information content (AvgIpc) is 2.67. The van der Waals surface area contributed by atoms with E-state index in [-0.39, 0.29) is 11.5 Å². The Morgan fingerprint density at radius 3 is 2.36 bits per heavy atom. The summed E-state index contributed by atoms with van der Waals surface area (Å²) < 4.78 is 6.01. The second kappa shape index (κ2) is 7.77. The summed E-state index contributed by atoms with van der Waals surface area (Å²) in [7, 11) is 0. The first-order chi connectivity index (χ1) is 13.3. The van der Waals surface area contributed by atoms with Gasteiger partial charge in [0.1, 0.15) is 17.5 Å². The Kier molecular flexibility index (Phi) is 5.41. The molecule has 2 aromatic heterocycles. The van der Waals surface area contributed by atoms with Crippen LogP contribution in [0.25, 0.3) is 22.6 Å². The van der Waals surface area contributed by atoms with Crippen molar-refractivity contribution in [3.05, 3.63) is 60.0 Å². The molecule has 0 unspecified atom stereocenters. The molecular weight excluding hydrogens is 348 g/mol. The maximum absolute atomic E-state index is 8.91. The largest absolute Gasteiger partial charge is 0.491 e. The molecule has 0 atom stereocenters. The predicted octanol–water partition coefficient (Wildman–Crippen LogP) is 5.16. The Balaban J connectivity index is 2.02. The number of hydrogen-bond donors (Lipinski definition) is 0. The smallest absolute Gasteiger partial charge is 0.161 e. The minimum atomic E-state index is -0.0624. The van der Waals surface area contributed by atoms with Crippen molar-refractivity contribution in [1.29, 1.82) is 5.26 Å². The third-order valence-electron chi connectivity index (χ3n) is 4.24. The molecule has 0 radical (unpaired) electrons. The zero-order chi connectivity index (χ0) is 20.3. The molecule has 0 aliphatic heterocycles. The van der Waals surface area contributed by atoms with Gasteiger partial charge >= 0.3 is 0 Å². The molecule has 3 rings (SSSR count). The van der Waals surface area contributed by atoms with Crippen molar-refractivity contribution >= 4 is 0 Å². The van der Waals surface area contributed by atoms with Crippen LogP contribution in [0.15, 0.2) is 48.8 Å². The lowest BCUT2D eigenvalue weighted by Gasteiger charge is -2.25. The molecule has 3 aromatic rings. The summed E-state index contributed by atoms with van der Waals surface area (Å²) in [6, 6.07) is 13.6. The van der Waals surface area contributed by atoms with Gasteiger partial charge in [-0.05, 0) is 55.7 Å². The van der Waals surface area contributed by atoms with Gasteiger partial charge in [-0.25, -0.2) is 15.0 Å². The summed E-state index contributed by atoms with van der Waals surface area (Å²) in [4.78, 5) is 13.2. The monoisotopic (exact) mass is 372 g/mol. The van der Waals surface area contributed by atoms with Gasteiger partial charge in [-0.15, -0.1) is 0 Å². The summed E-state index contributed by atoms with van der Waals surface area (Å²) in [5, 5.41) is 8.91. The van der Waals surface area contributed by atoms with E-state index < -0.39 is 0 Å². The Bertz CT molecular complexity index is 1010. The van der Waals surface area contributed by atoms with Crippen molar-refractivity contribution in [3.8, 4) is 34.5 Å². The molecular formula is C23H24N4O. The molecule has 0 amide bonds. The topological polar surface area (TPSA) is 71.7 Å². The third kappa shape index (κ3) is 4.34. The zero-order valence-electron chi connectivity index (χ0n) is 16.9. The van der Waals surface area contributed by atoms with Crippen LogP contribution >= 0.6 is 0 Å². The summed E-state index contributed by atoms with van der Waals surface area (Å²) in [6.45, 7) is 10.6. The van der Waals surface area contributed by atoms with Gasteiger partial charge in [0.05, 0.1) is 11.8 Å². The molecule has 0 aliphatic carbocycles. The maximum Gasteiger partial charge on any atom is 0.161 e. The number of ether oxygens (including phenoxy) is 1. The minimum Gasteiger partial charge on any atom is -0.491 e. The van der Waals surface area contributed by atoms with Crippen LogP contribution in [-0.2, 0) is 5.41 Å². The molecule has 2 heterocycles. The van der Waals surface area contributed by atoms with Crippen LogP contribution in [0.5, 0.6) is 5.75 Å². The minimum absolute atomic E-state index is 0.0624. The highest BCUT2D eigenvalue weighted by atomic mass is 16.5. The fraction of sp³-hybridized carbons (Fsp3) is 0.304. The van der Waals surface area contributed by atoms with Crippen LogP contribution in [0, 0.1) is 11.3 Å². The SMILES string of the molecule is CC(C)Oc1ccc(-c2ccnc(-c3ccc(C#N)nc3)n2)cc1C(C)(C)C. The van der Waals surface area contributed by atoms with E-state index in [2.05, 4.69) is 36.8 Å². The standard InChI is InChI=1S/C23H24N4O/c1-15(2)28-21-9-7-16(12-19(21)23(3,4)5)20-10-11-25-22(27-20)17-6-8-18(13-24)26-14-17/h6-12,14-15H,1-5H3. The molecule has 0 fully saturated rings. The Morgan fingerprint density at radius 2 is 1.75 bits per heavy atom. The summed E-state index contributed by atoms with van der Waals surface area (Å²) in [5.74, 6) is 1.48. The predicted molar refractivity (Wildman–Crippen MR) is 110 cm³/mol. The van der Waals surface area contributed by atoms with Crippen LogP contribution < -0.4 is 4.74 Å². The zero-order valence-corrected chi connectivity index (χ0v) is 16.9. The van der Waals surface area contributed by atoms with E-state index in [1.54, 1.807) is 18.5 Å². The van der Waals surface area contributed by atoms with Gasteiger partial charge in [-0.3, -0.25) is 0 Å². The summed E-state index contributed by atoms with van der Waals surface area (Å²) in [5.41, 5.74) is 4.06. The third-order valence-corrected chi connectivity index (χ3v) is 4.24. The second-order valence-electron chi connectivity index (χ2n) is 7.94. The molecule has 28 heavy (non-hydrogen) atoms. The molecule has 0 bridgehead atoms. The van der Waals surface area contributed by atoms with E-state index in [1.807, 2.05) is 44.2 Å². The van der Waals surface area contributed by atoms with E-state index in [4.69, 9.17) is 15.0 Å². The van der Waals surface area contributed by atoms with Crippen molar-refractivity contribution in [2.75, 3.05) is 0 Å². The average molecular weight is 372 g/mol. The molecule has 5 heteroatoms. The van der Waals surface area contributed by atoms with Gasteiger partial charge in [-0.2, -0.15) is 5.26 Å². The quantitative estimate of drug-likeness (QED) is 0.632. The molecule has 142 valence electrons. The number of hydrogen-bond acceptors (Lipinski definition) is 5. The van der Waals surface area contributed by atoms with Gasteiger partial charge in [0, 0.05) is 29.1 Å². The lowest BCUT2D eigenvalue weighted by Crippen LogP contribution is -2.16. The first-order valence-corrected chi connectivity index (χ1v) is 9.29. The van der Waals surface area contributed by atoms with Crippen LogP contribution in [0.1, 0.15) is 45.9 Å². The van der Waals surface area contributed by atoms with Crippen molar-refractivity contribution in [2.45, 2.75) is 46.1 Å². The van der Waals surface area contributed by atoms with Gasteiger partial charge in [0.2, 0.25) is 0 Å². The number of rotatable bonds is 4. The number of pyridine rings is 1. The molecule has 1 aromatic carbocycles. The van der Waals surface area contributed by atoms with E-state index >= 15 is 0 Å². The summed E-state index contributed by atoms with van der Waals surface area (Å²) >= 11 is 0. The normalized spacial score (nSPS) is 11.3. The Hall–Kier alpha value is -3.26. The van der Waals surface area contributed by atoms with E-state index in [9.17, 15) is 0 Å². The first-order valence-electron chi connectivity index (χ1n) is 9.29. The molecule has 0 aliphatic rings. The van der Waals surface area contributed by atoms with Crippen molar-refractivity contribution in [2.24, 2.45) is 0 Å². The fourth-order valence-corrected chi connectivity index (χ4v) is 2.88. The van der Waals surface area contributed by atoms with Crippen LogP contribution in [-0.4, -0.2) is 21.1 Å². The van der Waals surface area contributed by atoms with Crippen molar-refractivity contribution in [1.82, 2.24) is 15.0 Å². The van der Waals surface area contributed by atoms with Gasteiger partial charge in [0.25, 0.3) is 0 Å². The van der Waals surface area contributed by atoms with Crippen LogP contribution in [0.3, 0.4) is 0 Å². The Labute approximate surface area is 166 Å². The number of nitrogens with zero attached hydrogens (tertiary/aromatic N) is 4. The highest BCUT2D eigenvalue weighted by Crippen LogP contribution is 2.35. The Morgan fingerprint density at radius 1 is 1.00 bits per heavy atom. The molecule has 5 nitrogen and oxygen atoms in total. The highest BCUT2D eigenvalue weighted by Gasteiger charge is 2.21. The lowest BCUT2D eigenvalue weighted by atomic mass is 9.85.